The molecule has 0 aromatic heterocycles. The maximum Gasteiger partial charge on any atom is 0.573 e. The Kier molecular flexibility index (Phi) is 6.28. The minimum Gasteiger partial charge on any atom is -0.406 e. The summed E-state index contributed by atoms with van der Waals surface area (Å²) in [5.74, 6) is -0.704. The molecule has 172 valence electrons. The number of alkyl halides is 3. The lowest BCUT2D eigenvalue weighted by molar-refractivity contribution is -0.274. The summed E-state index contributed by atoms with van der Waals surface area (Å²) < 4.78 is 42.3. The Labute approximate surface area is 194 Å². The van der Waals surface area contributed by atoms with Crippen LogP contribution >= 0.6 is 0 Å². The molecule has 3 aromatic carbocycles. The molecule has 1 heterocycles. The van der Waals surface area contributed by atoms with Crippen molar-refractivity contribution in [2.24, 2.45) is 0 Å². The first-order valence-electron chi connectivity index (χ1n) is 10.5. The van der Waals surface area contributed by atoms with Gasteiger partial charge in [-0.1, -0.05) is 42.5 Å². The molecule has 1 aliphatic rings. The lowest BCUT2D eigenvalue weighted by atomic mass is 10.1. The fourth-order valence-corrected chi connectivity index (χ4v) is 3.84. The second kappa shape index (κ2) is 9.32. The van der Waals surface area contributed by atoms with Crippen molar-refractivity contribution in [2.75, 3.05) is 4.90 Å². The van der Waals surface area contributed by atoms with Crippen molar-refractivity contribution < 1.29 is 22.7 Å². The smallest absolute Gasteiger partial charge is 0.406 e. The Morgan fingerprint density at radius 1 is 1.03 bits per heavy atom. The predicted molar refractivity (Wildman–Crippen MR) is 121 cm³/mol. The number of carbonyl (C=O) groups is 1. The number of ether oxygens (including phenoxy) is 1. The van der Waals surface area contributed by atoms with Crippen LogP contribution in [-0.4, -0.2) is 12.3 Å². The fourth-order valence-electron chi connectivity index (χ4n) is 3.84. The predicted octanol–water partition coefficient (Wildman–Crippen LogP) is 5.78. The normalized spacial score (nSPS) is 16.6. The number of anilines is 1. The van der Waals surface area contributed by atoms with Gasteiger partial charge in [-0.3, -0.25) is 9.69 Å². The summed E-state index contributed by atoms with van der Waals surface area (Å²) in [5, 5.41) is 12.3. The molecule has 3 aromatic rings. The van der Waals surface area contributed by atoms with Crippen LogP contribution in [0.4, 0.5) is 18.9 Å². The van der Waals surface area contributed by atoms with Gasteiger partial charge in [0.2, 0.25) is 0 Å². The van der Waals surface area contributed by atoms with Crippen LogP contribution in [0.1, 0.15) is 35.7 Å². The van der Waals surface area contributed by atoms with Gasteiger partial charge in [0.1, 0.15) is 5.75 Å². The number of hydrogen-bond acceptors (Lipinski definition) is 4. The van der Waals surface area contributed by atoms with E-state index >= 15 is 0 Å². The first-order chi connectivity index (χ1) is 16.2. The molecule has 1 unspecified atom stereocenters. The quantitative estimate of drug-likeness (QED) is 0.503. The number of benzene rings is 3. The van der Waals surface area contributed by atoms with Crippen molar-refractivity contribution in [3.63, 3.8) is 0 Å². The molecular formula is C26H20F3N3O2. The Morgan fingerprint density at radius 2 is 1.74 bits per heavy atom. The molecule has 8 heteroatoms. The van der Waals surface area contributed by atoms with Crippen LogP contribution in [-0.2, 0) is 4.79 Å². The molecule has 0 saturated carbocycles. The van der Waals surface area contributed by atoms with E-state index in [-0.39, 0.29) is 17.7 Å². The van der Waals surface area contributed by atoms with Crippen molar-refractivity contribution in [3.8, 4) is 11.8 Å². The lowest BCUT2D eigenvalue weighted by Crippen LogP contribution is -2.33. The lowest BCUT2D eigenvalue weighted by Gasteiger charge is -2.26. The number of carbonyl (C=O) groups excluding carboxylic acids is 1. The van der Waals surface area contributed by atoms with Crippen molar-refractivity contribution >= 4 is 11.6 Å². The zero-order valence-electron chi connectivity index (χ0n) is 18.1. The van der Waals surface area contributed by atoms with Gasteiger partial charge in [-0.25, -0.2) is 0 Å². The number of hydrogen-bond donors (Lipinski definition) is 1. The second-order valence-corrected chi connectivity index (χ2v) is 7.76. The summed E-state index contributed by atoms with van der Waals surface area (Å²) in [6, 6.07) is 22.7. The van der Waals surface area contributed by atoms with E-state index in [4.69, 9.17) is 5.26 Å². The van der Waals surface area contributed by atoms with Gasteiger partial charge >= 0.3 is 6.36 Å². The van der Waals surface area contributed by atoms with E-state index < -0.39 is 12.4 Å². The summed E-state index contributed by atoms with van der Waals surface area (Å²) in [6.45, 7) is 1.92. The third-order valence-electron chi connectivity index (χ3n) is 5.43. The zero-order valence-corrected chi connectivity index (χ0v) is 18.1. The van der Waals surface area contributed by atoms with Crippen LogP contribution in [0.3, 0.4) is 0 Å². The van der Waals surface area contributed by atoms with Gasteiger partial charge in [-0.05, 0) is 60.5 Å². The monoisotopic (exact) mass is 463 g/mol. The van der Waals surface area contributed by atoms with Gasteiger partial charge in [0.25, 0.3) is 5.91 Å². The average Bonchev–Trinajstić information content (AvgIpc) is 3.14. The number of nitrogens with one attached hydrogen (secondary N) is 1. The van der Waals surface area contributed by atoms with E-state index in [9.17, 15) is 18.0 Å². The maximum atomic E-state index is 13.4. The summed E-state index contributed by atoms with van der Waals surface area (Å²) in [4.78, 5) is 14.9. The molecule has 0 spiro atoms. The van der Waals surface area contributed by atoms with E-state index in [1.54, 1.807) is 36.4 Å². The van der Waals surface area contributed by atoms with Crippen molar-refractivity contribution in [1.29, 1.82) is 5.26 Å². The van der Waals surface area contributed by atoms with Crippen molar-refractivity contribution in [3.05, 3.63) is 107 Å². The highest BCUT2D eigenvalue weighted by Crippen LogP contribution is 2.37. The molecule has 1 amide bonds. The van der Waals surface area contributed by atoms with Gasteiger partial charge in [0.05, 0.1) is 23.4 Å². The highest BCUT2D eigenvalue weighted by molar-refractivity contribution is 6.09. The van der Waals surface area contributed by atoms with Crippen molar-refractivity contribution in [2.45, 2.75) is 25.4 Å². The second-order valence-electron chi connectivity index (χ2n) is 7.76. The van der Waals surface area contributed by atoms with E-state index in [0.717, 1.165) is 5.56 Å². The molecular weight excluding hydrogens is 443 g/mol. The van der Waals surface area contributed by atoms with Gasteiger partial charge in [0, 0.05) is 11.7 Å². The van der Waals surface area contributed by atoms with Crippen LogP contribution in [0.2, 0.25) is 0 Å². The molecule has 1 aliphatic heterocycles. The molecule has 0 aliphatic carbocycles. The number of rotatable bonds is 6. The van der Waals surface area contributed by atoms with E-state index in [1.807, 2.05) is 43.3 Å². The standard InChI is InChI=1S/C26H20F3N3O2/c1-17(19-6-3-2-4-7-19)31-23-15-24(20-8-5-9-22(14-20)34-26(27,28)29)32(25(23)33)21-12-10-18(16-30)11-13-21/h2-15,17,24,31H,1H3/t17-,24?/m1/s1. The molecule has 34 heavy (non-hydrogen) atoms. The van der Waals surface area contributed by atoms with E-state index in [1.165, 1.54) is 23.1 Å². The Balaban J connectivity index is 1.70. The zero-order chi connectivity index (χ0) is 24.3. The van der Waals surface area contributed by atoms with Crippen LogP contribution in [0.15, 0.2) is 90.6 Å². The third-order valence-corrected chi connectivity index (χ3v) is 5.43. The Bertz CT molecular complexity index is 1250. The van der Waals surface area contributed by atoms with Crippen LogP contribution in [0.25, 0.3) is 0 Å². The van der Waals surface area contributed by atoms with Crippen LogP contribution in [0.5, 0.6) is 5.75 Å². The molecule has 0 bridgehead atoms. The third kappa shape index (κ3) is 5.04. The molecule has 0 saturated heterocycles. The first-order valence-corrected chi connectivity index (χ1v) is 10.5. The highest BCUT2D eigenvalue weighted by atomic mass is 19.4. The van der Waals surface area contributed by atoms with Crippen molar-refractivity contribution in [1.82, 2.24) is 5.32 Å². The SMILES string of the molecule is C[C@@H](NC1=CC(c2cccc(OC(F)(F)F)c2)N(c2ccc(C#N)cc2)C1=O)c1ccccc1. The van der Waals surface area contributed by atoms with Gasteiger partial charge < -0.3 is 10.1 Å². The summed E-state index contributed by atoms with van der Waals surface area (Å²) in [7, 11) is 0. The maximum absolute atomic E-state index is 13.4. The minimum atomic E-state index is -4.83. The van der Waals surface area contributed by atoms with Crippen LogP contribution < -0.4 is 15.0 Å². The highest BCUT2D eigenvalue weighted by Gasteiger charge is 2.36. The van der Waals surface area contributed by atoms with E-state index in [2.05, 4.69) is 10.1 Å². The summed E-state index contributed by atoms with van der Waals surface area (Å²) in [6.07, 6.45) is -3.14. The molecule has 0 radical (unpaired) electrons. The van der Waals surface area contributed by atoms with Crippen LogP contribution in [0, 0.1) is 11.3 Å². The topological polar surface area (TPSA) is 65.4 Å². The summed E-state index contributed by atoms with van der Waals surface area (Å²) in [5.41, 5.74) is 2.69. The van der Waals surface area contributed by atoms with Gasteiger partial charge in [-0.2, -0.15) is 5.26 Å². The molecule has 0 fully saturated rings. The Morgan fingerprint density at radius 3 is 2.38 bits per heavy atom. The number of nitriles is 1. The largest absolute Gasteiger partial charge is 0.573 e. The fraction of sp³-hybridized carbons (Fsp3) is 0.154. The first kappa shape index (κ1) is 22.9. The van der Waals surface area contributed by atoms with E-state index in [0.29, 0.717) is 22.5 Å². The number of nitrogens with zero attached hydrogens (tertiary/aromatic N) is 2. The molecule has 5 nitrogen and oxygen atoms in total. The molecule has 1 N–H and O–H groups in total. The van der Waals surface area contributed by atoms with Gasteiger partial charge in [-0.15, -0.1) is 13.2 Å². The number of halogens is 3. The van der Waals surface area contributed by atoms with Gasteiger partial charge in [0.15, 0.2) is 0 Å². The number of amides is 1. The molecule has 4 rings (SSSR count). The molecule has 2 atom stereocenters. The summed E-state index contributed by atoms with van der Waals surface area (Å²) >= 11 is 0. The minimum absolute atomic E-state index is 0.183. The Hall–Kier alpha value is -4.25. The average molecular weight is 463 g/mol.